The summed E-state index contributed by atoms with van der Waals surface area (Å²) in [6, 6.07) is 13.2. The molecule has 2 aromatic carbocycles. The molecule has 0 aliphatic heterocycles. The highest BCUT2D eigenvalue weighted by molar-refractivity contribution is 7.90. The van der Waals surface area contributed by atoms with Crippen molar-refractivity contribution in [3.63, 3.8) is 0 Å². The molecule has 0 saturated heterocycles. The Kier molecular flexibility index (Phi) is 4.60. The lowest BCUT2D eigenvalue weighted by molar-refractivity contribution is 0.416. The second-order valence-electron chi connectivity index (χ2n) is 5.57. The van der Waals surface area contributed by atoms with Gasteiger partial charge in [-0.2, -0.15) is 9.37 Å². The predicted octanol–water partition coefficient (Wildman–Crippen LogP) is 2.94. The zero-order valence-electron chi connectivity index (χ0n) is 14.1. The summed E-state index contributed by atoms with van der Waals surface area (Å²) in [5.41, 5.74) is 7.13. The van der Waals surface area contributed by atoms with Crippen LogP contribution < -0.4 is 10.5 Å². The highest BCUT2D eigenvalue weighted by Crippen LogP contribution is 2.40. The van der Waals surface area contributed by atoms with Gasteiger partial charge in [-0.3, -0.25) is 0 Å². The molecule has 1 aromatic heterocycles. The molecule has 134 valence electrons. The molecule has 0 saturated carbocycles. The van der Waals surface area contributed by atoms with Gasteiger partial charge in [0, 0.05) is 17.4 Å². The van der Waals surface area contributed by atoms with E-state index in [2.05, 4.69) is 9.97 Å². The SMILES string of the molecule is COc1ccccc1-c1nc(F)nc(N)c1-c1ccccc1S(C)(=O)=O. The summed E-state index contributed by atoms with van der Waals surface area (Å²) in [5.74, 6) is 0.289. The monoisotopic (exact) mass is 373 g/mol. The van der Waals surface area contributed by atoms with E-state index in [9.17, 15) is 12.8 Å². The van der Waals surface area contributed by atoms with E-state index in [1.165, 1.54) is 13.2 Å². The van der Waals surface area contributed by atoms with Gasteiger partial charge < -0.3 is 10.5 Å². The van der Waals surface area contributed by atoms with Crippen LogP contribution in [0.2, 0.25) is 0 Å². The van der Waals surface area contributed by atoms with Crippen molar-refractivity contribution in [2.45, 2.75) is 4.90 Å². The molecule has 0 aliphatic carbocycles. The summed E-state index contributed by atoms with van der Waals surface area (Å²) in [4.78, 5) is 7.51. The van der Waals surface area contributed by atoms with Crippen molar-refractivity contribution < 1.29 is 17.5 Å². The second kappa shape index (κ2) is 6.72. The first kappa shape index (κ1) is 17.8. The molecule has 2 N–H and O–H groups in total. The molecule has 3 rings (SSSR count). The van der Waals surface area contributed by atoms with E-state index in [4.69, 9.17) is 10.5 Å². The topological polar surface area (TPSA) is 95.2 Å². The molecule has 1 heterocycles. The maximum absolute atomic E-state index is 13.9. The highest BCUT2D eigenvalue weighted by atomic mass is 32.2. The van der Waals surface area contributed by atoms with Crippen LogP contribution in [-0.2, 0) is 9.84 Å². The standard InChI is InChI=1S/C18H16FN3O3S/c1-25-13-9-5-3-7-11(13)16-15(17(20)22-18(19)21-16)12-8-4-6-10-14(12)26(2,23)24/h3-10H,1-2H3,(H2,20,21,22). The minimum Gasteiger partial charge on any atom is -0.496 e. The van der Waals surface area contributed by atoms with Gasteiger partial charge in [-0.1, -0.05) is 30.3 Å². The predicted molar refractivity (Wildman–Crippen MR) is 96.9 cm³/mol. The second-order valence-corrected chi connectivity index (χ2v) is 7.55. The van der Waals surface area contributed by atoms with Gasteiger partial charge in [0.1, 0.15) is 11.6 Å². The van der Waals surface area contributed by atoms with Crippen LogP contribution in [0.15, 0.2) is 53.4 Å². The molecule has 0 amide bonds. The normalized spacial score (nSPS) is 11.3. The quantitative estimate of drug-likeness (QED) is 0.707. The summed E-state index contributed by atoms with van der Waals surface area (Å²) in [5, 5.41) is 0. The molecule has 0 atom stereocenters. The van der Waals surface area contributed by atoms with Crippen molar-refractivity contribution in [1.29, 1.82) is 0 Å². The van der Waals surface area contributed by atoms with Gasteiger partial charge in [-0.25, -0.2) is 13.4 Å². The summed E-state index contributed by atoms with van der Waals surface area (Å²) < 4.78 is 43.6. The largest absolute Gasteiger partial charge is 0.496 e. The number of sulfone groups is 1. The minimum absolute atomic E-state index is 0.0538. The fourth-order valence-corrected chi connectivity index (χ4v) is 3.64. The third-order valence-corrected chi connectivity index (χ3v) is 4.98. The van der Waals surface area contributed by atoms with Crippen LogP contribution in [0.25, 0.3) is 22.4 Å². The first-order valence-electron chi connectivity index (χ1n) is 7.58. The number of nitrogen functional groups attached to an aromatic ring is 1. The van der Waals surface area contributed by atoms with Crippen molar-refractivity contribution in [3.05, 3.63) is 54.6 Å². The lowest BCUT2D eigenvalue weighted by atomic mass is 9.99. The lowest BCUT2D eigenvalue weighted by Gasteiger charge is -2.16. The molecule has 6 nitrogen and oxygen atoms in total. The highest BCUT2D eigenvalue weighted by Gasteiger charge is 2.23. The first-order chi connectivity index (χ1) is 12.3. The summed E-state index contributed by atoms with van der Waals surface area (Å²) in [6.07, 6.45) is 0.0822. The number of nitrogens with two attached hydrogens (primary N) is 1. The van der Waals surface area contributed by atoms with Crippen LogP contribution in [0.1, 0.15) is 0 Å². The van der Waals surface area contributed by atoms with Gasteiger partial charge >= 0.3 is 6.08 Å². The molecule has 0 aliphatic rings. The Hall–Kier alpha value is -3.00. The van der Waals surface area contributed by atoms with Crippen LogP contribution in [0.5, 0.6) is 5.75 Å². The Morgan fingerprint density at radius 3 is 2.27 bits per heavy atom. The van der Waals surface area contributed by atoms with E-state index in [1.54, 1.807) is 42.5 Å². The van der Waals surface area contributed by atoms with E-state index >= 15 is 0 Å². The van der Waals surface area contributed by atoms with Crippen molar-refractivity contribution >= 4 is 15.7 Å². The van der Waals surface area contributed by atoms with Gasteiger partial charge in [0.05, 0.1) is 23.3 Å². The number of hydrogen-bond acceptors (Lipinski definition) is 6. The molecule has 8 heteroatoms. The Morgan fingerprint density at radius 1 is 1.00 bits per heavy atom. The van der Waals surface area contributed by atoms with Crippen molar-refractivity contribution in [3.8, 4) is 28.1 Å². The van der Waals surface area contributed by atoms with Crippen LogP contribution in [0, 0.1) is 6.08 Å². The van der Waals surface area contributed by atoms with Crippen LogP contribution in [-0.4, -0.2) is 31.8 Å². The summed E-state index contributed by atoms with van der Waals surface area (Å²) >= 11 is 0. The molecule has 3 aromatic rings. The van der Waals surface area contributed by atoms with Crippen LogP contribution >= 0.6 is 0 Å². The fourth-order valence-electron chi connectivity index (χ4n) is 2.75. The maximum atomic E-state index is 13.9. The van der Waals surface area contributed by atoms with E-state index in [1.807, 2.05) is 0 Å². The Balaban J connectivity index is 2.42. The average Bonchev–Trinajstić information content (AvgIpc) is 2.60. The number of anilines is 1. The van der Waals surface area contributed by atoms with Gasteiger partial charge in [0.15, 0.2) is 9.84 Å². The number of benzene rings is 2. The molecule has 0 unspecified atom stereocenters. The molecule has 0 fully saturated rings. The van der Waals surface area contributed by atoms with Crippen LogP contribution in [0.3, 0.4) is 0 Å². The zero-order chi connectivity index (χ0) is 18.9. The molecule has 0 bridgehead atoms. The fraction of sp³-hybridized carbons (Fsp3) is 0.111. The maximum Gasteiger partial charge on any atom is 0.311 e. The summed E-state index contributed by atoms with van der Waals surface area (Å²) in [7, 11) is -2.08. The number of para-hydroxylation sites is 1. The van der Waals surface area contributed by atoms with E-state index in [0.717, 1.165) is 6.26 Å². The number of hydrogen-bond donors (Lipinski definition) is 1. The van der Waals surface area contributed by atoms with Gasteiger partial charge in [-0.15, -0.1) is 0 Å². The Labute approximate surface area is 150 Å². The number of aromatic nitrogens is 2. The van der Waals surface area contributed by atoms with Gasteiger partial charge in [0.2, 0.25) is 0 Å². The smallest absolute Gasteiger partial charge is 0.311 e. The molecule has 0 radical (unpaired) electrons. The van der Waals surface area contributed by atoms with Gasteiger partial charge in [-0.05, 0) is 18.2 Å². The lowest BCUT2D eigenvalue weighted by Crippen LogP contribution is -2.07. The number of nitrogens with zero attached hydrogens (tertiary/aromatic N) is 2. The zero-order valence-corrected chi connectivity index (χ0v) is 14.9. The van der Waals surface area contributed by atoms with Gasteiger partial charge in [0.25, 0.3) is 0 Å². The van der Waals surface area contributed by atoms with Crippen molar-refractivity contribution in [1.82, 2.24) is 9.97 Å². The number of ether oxygens (including phenoxy) is 1. The molecule has 0 spiro atoms. The average molecular weight is 373 g/mol. The molecular formula is C18H16FN3O3S. The number of methoxy groups -OCH3 is 1. The van der Waals surface area contributed by atoms with E-state index in [-0.39, 0.29) is 22.0 Å². The number of halogens is 1. The Bertz CT molecular complexity index is 1080. The van der Waals surface area contributed by atoms with E-state index < -0.39 is 15.9 Å². The summed E-state index contributed by atoms with van der Waals surface area (Å²) in [6.45, 7) is 0. The molecular weight excluding hydrogens is 357 g/mol. The third-order valence-electron chi connectivity index (χ3n) is 3.83. The van der Waals surface area contributed by atoms with Crippen LogP contribution in [0.4, 0.5) is 10.2 Å². The minimum atomic E-state index is -3.56. The third kappa shape index (κ3) is 3.23. The first-order valence-corrected chi connectivity index (χ1v) is 9.48. The molecule has 26 heavy (non-hydrogen) atoms. The Morgan fingerprint density at radius 2 is 1.62 bits per heavy atom. The van der Waals surface area contributed by atoms with Crippen molar-refractivity contribution in [2.75, 3.05) is 19.1 Å². The number of rotatable bonds is 4. The van der Waals surface area contributed by atoms with E-state index in [0.29, 0.717) is 16.9 Å². The van der Waals surface area contributed by atoms with Crippen molar-refractivity contribution in [2.24, 2.45) is 0 Å².